The smallest absolute Gasteiger partial charge is 0.251 e. The summed E-state index contributed by atoms with van der Waals surface area (Å²) in [5.41, 5.74) is 0.856. The molecule has 1 atom stereocenters. The number of halogens is 3. The molecule has 29 heavy (non-hydrogen) atoms. The third kappa shape index (κ3) is 4.22. The Morgan fingerprint density at radius 2 is 1.86 bits per heavy atom. The predicted octanol–water partition coefficient (Wildman–Crippen LogP) is 3.31. The molecule has 1 aromatic heterocycles. The zero-order valence-electron chi connectivity index (χ0n) is 15.4. The van der Waals surface area contributed by atoms with Crippen LogP contribution < -0.4 is 4.90 Å². The quantitative estimate of drug-likeness (QED) is 0.719. The predicted molar refractivity (Wildman–Crippen MR) is 106 cm³/mol. The minimum Gasteiger partial charge on any atom is -0.381 e. The Morgan fingerprint density at radius 3 is 2.48 bits per heavy atom. The van der Waals surface area contributed by atoms with Crippen molar-refractivity contribution in [3.05, 3.63) is 58.0 Å². The molecule has 2 aliphatic heterocycles. The maximum atomic E-state index is 14.4. The van der Waals surface area contributed by atoms with Crippen molar-refractivity contribution in [2.24, 2.45) is 5.92 Å². The number of hydrogen-bond acceptors (Lipinski definition) is 4. The highest BCUT2D eigenvalue weighted by Gasteiger charge is 2.43. The van der Waals surface area contributed by atoms with Gasteiger partial charge in [0, 0.05) is 23.7 Å². The second-order valence-electron chi connectivity index (χ2n) is 7.19. The van der Waals surface area contributed by atoms with E-state index in [1.807, 2.05) is 12.1 Å². The summed E-state index contributed by atoms with van der Waals surface area (Å²) in [4.78, 5) is 32.8. The summed E-state index contributed by atoms with van der Waals surface area (Å²) in [5, 5.41) is 0.711. The van der Waals surface area contributed by atoms with Gasteiger partial charge in [-0.2, -0.15) is 0 Å². The Hall–Kier alpha value is -2.22. The number of anilines is 1. The molecule has 3 heterocycles. The average Bonchev–Trinajstić information content (AvgIpc) is 2.65. The van der Waals surface area contributed by atoms with Crippen LogP contribution in [0.1, 0.15) is 12.0 Å². The van der Waals surface area contributed by atoms with Crippen molar-refractivity contribution >= 4 is 40.8 Å². The number of hydrogen-bond donors (Lipinski definition) is 0. The summed E-state index contributed by atoms with van der Waals surface area (Å²) in [7, 11) is 0. The summed E-state index contributed by atoms with van der Waals surface area (Å²) < 4.78 is 19.6. The van der Waals surface area contributed by atoms with Gasteiger partial charge in [0.25, 0.3) is 5.91 Å². The van der Waals surface area contributed by atoms with Crippen molar-refractivity contribution in [2.75, 3.05) is 24.7 Å². The summed E-state index contributed by atoms with van der Waals surface area (Å²) >= 11 is 11.7. The van der Waals surface area contributed by atoms with Crippen LogP contribution in [0.15, 0.2) is 36.5 Å². The number of aromatic nitrogens is 1. The zero-order valence-corrected chi connectivity index (χ0v) is 16.9. The van der Waals surface area contributed by atoms with Crippen LogP contribution >= 0.6 is 23.2 Å². The highest BCUT2D eigenvalue weighted by atomic mass is 35.5. The number of nitrogens with zero attached hydrogens (tertiary/aromatic N) is 3. The van der Waals surface area contributed by atoms with Crippen LogP contribution in [-0.4, -0.2) is 47.5 Å². The molecule has 0 unspecified atom stereocenters. The topological polar surface area (TPSA) is 62.7 Å². The highest BCUT2D eigenvalue weighted by Crippen LogP contribution is 2.29. The lowest BCUT2D eigenvalue weighted by Gasteiger charge is -2.42. The minimum absolute atomic E-state index is 0.120. The first-order chi connectivity index (χ1) is 13.9. The van der Waals surface area contributed by atoms with Gasteiger partial charge in [0.2, 0.25) is 5.91 Å². The number of benzene rings is 1. The fourth-order valence-electron chi connectivity index (χ4n) is 3.53. The Balaban J connectivity index is 1.63. The van der Waals surface area contributed by atoms with Crippen LogP contribution in [0.4, 0.5) is 10.2 Å². The number of piperazine rings is 1. The van der Waals surface area contributed by atoms with Gasteiger partial charge in [-0.25, -0.2) is 9.37 Å². The normalized spacial score (nSPS) is 20.2. The molecule has 0 bridgehead atoms. The van der Waals surface area contributed by atoms with Gasteiger partial charge in [-0.05, 0) is 30.2 Å². The summed E-state index contributed by atoms with van der Waals surface area (Å²) in [6, 6.07) is 7.46. The molecule has 0 N–H and O–H groups in total. The Bertz CT molecular complexity index is 937. The SMILES string of the molecule is O=C1[C@H](CC2COC2)N(Cc2ccc(Cl)cc2)C(=O)CN1c1ncc(Cl)cc1F. The standard InChI is InChI=1S/C20H18Cl2FN3O3/c21-14-3-1-12(2-4-14)8-25-17(5-13-10-29-11-13)20(28)26(9-18(25)27)19-16(23)6-15(22)7-24-19/h1-4,6-7,13,17H,5,8-11H2/t17-/m0/s1. The van der Waals surface area contributed by atoms with E-state index in [0.29, 0.717) is 24.7 Å². The van der Waals surface area contributed by atoms with E-state index in [1.54, 1.807) is 17.0 Å². The van der Waals surface area contributed by atoms with Crippen LogP contribution in [0, 0.1) is 11.7 Å². The van der Waals surface area contributed by atoms with E-state index in [9.17, 15) is 14.0 Å². The number of amides is 2. The summed E-state index contributed by atoms with van der Waals surface area (Å²) in [6.45, 7) is 1.07. The van der Waals surface area contributed by atoms with E-state index < -0.39 is 11.9 Å². The lowest BCUT2D eigenvalue weighted by atomic mass is 9.94. The molecule has 152 valence electrons. The van der Waals surface area contributed by atoms with E-state index in [2.05, 4.69) is 4.98 Å². The van der Waals surface area contributed by atoms with Crippen molar-refractivity contribution in [2.45, 2.75) is 19.0 Å². The molecule has 0 aliphatic carbocycles. The summed E-state index contributed by atoms with van der Waals surface area (Å²) in [5.74, 6) is -1.39. The zero-order chi connectivity index (χ0) is 20.5. The molecule has 2 aliphatic rings. The molecule has 4 rings (SSSR count). The first kappa shape index (κ1) is 20.1. The number of ether oxygens (including phenoxy) is 1. The van der Waals surface area contributed by atoms with Gasteiger partial charge >= 0.3 is 0 Å². The lowest BCUT2D eigenvalue weighted by Crippen LogP contribution is -2.61. The lowest BCUT2D eigenvalue weighted by molar-refractivity contribution is -0.146. The average molecular weight is 438 g/mol. The van der Waals surface area contributed by atoms with Gasteiger partial charge in [-0.1, -0.05) is 35.3 Å². The monoisotopic (exact) mass is 437 g/mol. The molecule has 0 radical (unpaired) electrons. The summed E-state index contributed by atoms with van der Waals surface area (Å²) in [6.07, 6.45) is 1.70. The van der Waals surface area contributed by atoms with E-state index in [4.69, 9.17) is 27.9 Å². The van der Waals surface area contributed by atoms with Crippen molar-refractivity contribution in [1.29, 1.82) is 0 Å². The molecule has 6 nitrogen and oxygen atoms in total. The Kier molecular flexibility index (Phi) is 5.72. The van der Waals surface area contributed by atoms with Crippen LogP contribution in [0.3, 0.4) is 0 Å². The van der Waals surface area contributed by atoms with Gasteiger partial charge < -0.3 is 9.64 Å². The van der Waals surface area contributed by atoms with Crippen LogP contribution in [0.2, 0.25) is 10.0 Å². The first-order valence-electron chi connectivity index (χ1n) is 9.16. The molecule has 2 fully saturated rings. The molecule has 0 spiro atoms. The number of carbonyl (C=O) groups is 2. The fourth-order valence-corrected chi connectivity index (χ4v) is 3.80. The minimum atomic E-state index is -0.740. The van der Waals surface area contributed by atoms with Crippen LogP contribution in [0.25, 0.3) is 0 Å². The molecule has 2 saturated heterocycles. The van der Waals surface area contributed by atoms with Gasteiger partial charge in [-0.3, -0.25) is 14.5 Å². The molecule has 9 heteroatoms. The molecule has 2 amide bonds. The third-order valence-electron chi connectivity index (χ3n) is 5.11. The maximum Gasteiger partial charge on any atom is 0.251 e. The fraction of sp³-hybridized carbons (Fsp3) is 0.350. The van der Waals surface area contributed by atoms with E-state index in [-0.39, 0.29) is 41.7 Å². The second kappa shape index (κ2) is 8.26. The largest absolute Gasteiger partial charge is 0.381 e. The van der Waals surface area contributed by atoms with E-state index >= 15 is 0 Å². The Morgan fingerprint density at radius 1 is 1.14 bits per heavy atom. The second-order valence-corrected chi connectivity index (χ2v) is 8.06. The third-order valence-corrected chi connectivity index (χ3v) is 5.57. The molecule has 0 saturated carbocycles. The van der Waals surface area contributed by atoms with Crippen molar-refractivity contribution in [3.8, 4) is 0 Å². The van der Waals surface area contributed by atoms with Gasteiger partial charge in [-0.15, -0.1) is 0 Å². The highest BCUT2D eigenvalue weighted by molar-refractivity contribution is 6.30. The number of rotatable bonds is 5. The van der Waals surface area contributed by atoms with E-state index in [0.717, 1.165) is 16.5 Å². The Labute approximate surface area is 177 Å². The van der Waals surface area contributed by atoms with Crippen LogP contribution in [0.5, 0.6) is 0 Å². The number of carbonyl (C=O) groups excluding carboxylic acids is 2. The van der Waals surface area contributed by atoms with Crippen molar-refractivity contribution in [1.82, 2.24) is 9.88 Å². The first-order valence-corrected chi connectivity index (χ1v) is 9.92. The van der Waals surface area contributed by atoms with Crippen LogP contribution in [-0.2, 0) is 20.9 Å². The van der Waals surface area contributed by atoms with Crippen molar-refractivity contribution in [3.63, 3.8) is 0 Å². The molecular weight excluding hydrogens is 420 g/mol. The van der Waals surface area contributed by atoms with Crippen molar-refractivity contribution < 1.29 is 18.7 Å². The molecular formula is C20H18Cl2FN3O3. The maximum absolute atomic E-state index is 14.4. The van der Waals surface area contributed by atoms with Gasteiger partial charge in [0.1, 0.15) is 12.6 Å². The van der Waals surface area contributed by atoms with Gasteiger partial charge in [0.15, 0.2) is 11.6 Å². The van der Waals surface area contributed by atoms with E-state index in [1.165, 1.54) is 6.20 Å². The number of pyridine rings is 1. The molecule has 1 aromatic carbocycles. The van der Waals surface area contributed by atoms with Gasteiger partial charge in [0.05, 0.1) is 18.2 Å². The molecule has 2 aromatic rings.